The van der Waals surface area contributed by atoms with Crippen molar-refractivity contribution in [3.8, 4) is 5.75 Å². The number of nitrogens with zero attached hydrogens (tertiary/aromatic N) is 2. The number of benzene rings is 3. The summed E-state index contributed by atoms with van der Waals surface area (Å²) >= 11 is 0. The number of hydrogen-bond donors (Lipinski definition) is 1. The van der Waals surface area contributed by atoms with E-state index in [-0.39, 0.29) is 37.7 Å². The Bertz CT molecular complexity index is 1400. The molecule has 3 aromatic rings. The van der Waals surface area contributed by atoms with Crippen LogP contribution in [0.1, 0.15) is 42.9 Å². The standard InChI is InChI=1S/C32H41N3O5S/c1-5-20-33-32(37)29(23-26-14-7-6-8-15-26)34(24-27-16-11-13-25(2)22-27)31(36)19-12-21-35(41(4,38)39)28-17-9-10-18-30(28)40-3/h6-11,13-18,22,29H,5,12,19-21,23-24H2,1-4H3,(H,33,37). The normalized spacial score (nSPS) is 11.9. The van der Waals surface area contributed by atoms with Crippen molar-refractivity contribution < 1.29 is 22.7 Å². The van der Waals surface area contributed by atoms with E-state index in [9.17, 15) is 18.0 Å². The number of methoxy groups -OCH3 is 1. The Hall–Kier alpha value is -3.85. The average Bonchev–Trinajstić information content (AvgIpc) is 2.95. The summed E-state index contributed by atoms with van der Waals surface area (Å²) in [5.41, 5.74) is 3.35. The highest BCUT2D eigenvalue weighted by atomic mass is 32.2. The zero-order valence-electron chi connectivity index (χ0n) is 24.4. The van der Waals surface area contributed by atoms with E-state index in [1.807, 2.05) is 68.4 Å². The van der Waals surface area contributed by atoms with Crippen LogP contribution in [-0.4, -0.2) is 57.6 Å². The molecule has 2 amide bonds. The fourth-order valence-electron chi connectivity index (χ4n) is 4.75. The number of carbonyl (C=O) groups is 2. The summed E-state index contributed by atoms with van der Waals surface area (Å²) in [4.78, 5) is 29.0. The van der Waals surface area contributed by atoms with Crippen molar-refractivity contribution in [3.63, 3.8) is 0 Å². The molecule has 41 heavy (non-hydrogen) atoms. The Morgan fingerprint density at radius 1 is 0.951 bits per heavy atom. The van der Waals surface area contributed by atoms with Gasteiger partial charge >= 0.3 is 0 Å². The van der Waals surface area contributed by atoms with Crippen LogP contribution in [0, 0.1) is 6.92 Å². The maximum atomic E-state index is 13.9. The molecule has 220 valence electrons. The van der Waals surface area contributed by atoms with E-state index in [1.54, 1.807) is 29.2 Å². The van der Waals surface area contributed by atoms with Crippen molar-refractivity contribution in [2.45, 2.75) is 52.1 Å². The van der Waals surface area contributed by atoms with Gasteiger partial charge in [-0.1, -0.05) is 79.2 Å². The van der Waals surface area contributed by atoms with Gasteiger partial charge < -0.3 is 15.0 Å². The number of aryl methyl sites for hydroxylation is 1. The van der Waals surface area contributed by atoms with Gasteiger partial charge in [0.1, 0.15) is 11.8 Å². The van der Waals surface area contributed by atoms with Crippen molar-refractivity contribution in [3.05, 3.63) is 95.6 Å². The first-order valence-electron chi connectivity index (χ1n) is 13.9. The molecule has 1 unspecified atom stereocenters. The van der Waals surface area contributed by atoms with Crippen LogP contribution in [0.3, 0.4) is 0 Å². The number of para-hydroxylation sites is 2. The van der Waals surface area contributed by atoms with E-state index in [4.69, 9.17) is 4.74 Å². The molecule has 0 spiro atoms. The van der Waals surface area contributed by atoms with Gasteiger partial charge in [0.05, 0.1) is 19.1 Å². The van der Waals surface area contributed by atoms with Crippen molar-refractivity contribution in [2.24, 2.45) is 0 Å². The van der Waals surface area contributed by atoms with Gasteiger partial charge in [0.15, 0.2) is 0 Å². The van der Waals surface area contributed by atoms with Crippen LogP contribution in [0.25, 0.3) is 0 Å². The fourth-order valence-corrected chi connectivity index (χ4v) is 5.71. The molecule has 0 bridgehead atoms. The number of sulfonamides is 1. The number of amides is 2. The highest BCUT2D eigenvalue weighted by Gasteiger charge is 2.30. The molecule has 1 atom stereocenters. The number of ether oxygens (including phenoxy) is 1. The predicted molar refractivity (Wildman–Crippen MR) is 163 cm³/mol. The SMILES string of the molecule is CCCNC(=O)C(Cc1ccccc1)N(Cc1cccc(C)c1)C(=O)CCCN(c1ccccc1OC)S(C)(=O)=O. The molecular weight excluding hydrogens is 538 g/mol. The molecule has 0 heterocycles. The summed E-state index contributed by atoms with van der Waals surface area (Å²) < 4.78 is 32.1. The van der Waals surface area contributed by atoms with Gasteiger partial charge in [-0.3, -0.25) is 13.9 Å². The van der Waals surface area contributed by atoms with E-state index >= 15 is 0 Å². The Balaban J connectivity index is 1.88. The van der Waals surface area contributed by atoms with E-state index in [2.05, 4.69) is 5.32 Å². The first-order valence-corrected chi connectivity index (χ1v) is 15.8. The van der Waals surface area contributed by atoms with E-state index < -0.39 is 16.1 Å². The first kappa shape index (κ1) is 31.7. The largest absolute Gasteiger partial charge is 0.495 e. The molecule has 0 aliphatic rings. The van der Waals surface area contributed by atoms with E-state index in [0.29, 0.717) is 24.4 Å². The van der Waals surface area contributed by atoms with Crippen LogP contribution in [0.4, 0.5) is 5.69 Å². The molecule has 0 fully saturated rings. The highest BCUT2D eigenvalue weighted by molar-refractivity contribution is 7.92. The van der Waals surface area contributed by atoms with Crippen LogP contribution in [0.15, 0.2) is 78.9 Å². The number of anilines is 1. The minimum Gasteiger partial charge on any atom is -0.495 e. The lowest BCUT2D eigenvalue weighted by Gasteiger charge is -2.32. The molecule has 0 radical (unpaired) electrons. The lowest BCUT2D eigenvalue weighted by molar-refractivity contribution is -0.141. The summed E-state index contributed by atoms with van der Waals surface area (Å²) in [7, 11) is -2.15. The second-order valence-corrected chi connectivity index (χ2v) is 12.0. The Morgan fingerprint density at radius 3 is 2.29 bits per heavy atom. The first-order chi connectivity index (χ1) is 19.6. The molecule has 0 saturated carbocycles. The van der Waals surface area contributed by atoms with Crippen LogP contribution in [-0.2, 0) is 32.6 Å². The molecule has 8 nitrogen and oxygen atoms in total. The van der Waals surface area contributed by atoms with Crippen LogP contribution in [0.2, 0.25) is 0 Å². The Kier molecular flexibility index (Phi) is 11.8. The summed E-state index contributed by atoms with van der Waals surface area (Å²) in [6.45, 7) is 4.84. The smallest absolute Gasteiger partial charge is 0.243 e. The fraction of sp³-hybridized carbons (Fsp3) is 0.375. The van der Waals surface area contributed by atoms with Crippen molar-refractivity contribution in [1.82, 2.24) is 10.2 Å². The van der Waals surface area contributed by atoms with E-state index in [1.165, 1.54) is 11.4 Å². The third-order valence-electron chi connectivity index (χ3n) is 6.76. The summed E-state index contributed by atoms with van der Waals surface area (Å²) in [5, 5.41) is 2.98. The minimum absolute atomic E-state index is 0.0688. The second-order valence-electron chi connectivity index (χ2n) is 10.1. The van der Waals surface area contributed by atoms with Gasteiger partial charge in [0.25, 0.3) is 0 Å². The third kappa shape index (κ3) is 9.35. The Labute approximate surface area is 244 Å². The number of carbonyl (C=O) groups excluding carboxylic acids is 2. The zero-order chi connectivity index (χ0) is 29.8. The molecule has 0 aliphatic carbocycles. The molecule has 3 aromatic carbocycles. The minimum atomic E-state index is -3.64. The highest BCUT2D eigenvalue weighted by Crippen LogP contribution is 2.30. The maximum absolute atomic E-state index is 13.9. The topological polar surface area (TPSA) is 96.0 Å². The molecule has 0 aromatic heterocycles. The molecule has 0 aliphatic heterocycles. The molecule has 3 rings (SSSR count). The molecule has 0 saturated heterocycles. The predicted octanol–water partition coefficient (Wildman–Crippen LogP) is 4.72. The lowest BCUT2D eigenvalue weighted by atomic mass is 10.0. The van der Waals surface area contributed by atoms with Crippen molar-refractivity contribution in [1.29, 1.82) is 0 Å². The third-order valence-corrected chi connectivity index (χ3v) is 7.94. The second kappa shape index (κ2) is 15.2. The van der Waals surface area contributed by atoms with Crippen molar-refractivity contribution >= 4 is 27.5 Å². The molecular formula is C32H41N3O5S. The van der Waals surface area contributed by atoms with Gasteiger partial charge in [-0.05, 0) is 43.0 Å². The van der Waals surface area contributed by atoms with Gasteiger partial charge in [-0.2, -0.15) is 0 Å². The Morgan fingerprint density at radius 2 is 1.63 bits per heavy atom. The van der Waals surface area contributed by atoms with Gasteiger partial charge in [-0.25, -0.2) is 8.42 Å². The average molecular weight is 580 g/mol. The van der Waals surface area contributed by atoms with E-state index in [0.717, 1.165) is 29.4 Å². The summed E-state index contributed by atoms with van der Waals surface area (Å²) in [6.07, 6.45) is 2.62. The number of rotatable bonds is 15. The van der Waals surface area contributed by atoms with Crippen LogP contribution in [0.5, 0.6) is 5.75 Å². The lowest BCUT2D eigenvalue weighted by Crippen LogP contribution is -2.50. The molecule has 9 heteroatoms. The quantitative estimate of drug-likeness (QED) is 0.281. The van der Waals surface area contributed by atoms with Gasteiger partial charge in [0, 0.05) is 32.5 Å². The van der Waals surface area contributed by atoms with Crippen molar-refractivity contribution in [2.75, 3.05) is 30.8 Å². The van der Waals surface area contributed by atoms with Gasteiger partial charge in [-0.15, -0.1) is 0 Å². The van der Waals surface area contributed by atoms with Crippen LogP contribution < -0.4 is 14.4 Å². The summed E-state index contributed by atoms with van der Waals surface area (Å²) in [6, 6.07) is 23.7. The maximum Gasteiger partial charge on any atom is 0.243 e. The van der Waals surface area contributed by atoms with Gasteiger partial charge in [0.2, 0.25) is 21.8 Å². The number of nitrogens with one attached hydrogen (secondary N) is 1. The summed E-state index contributed by atoms with van der Waals surface area (Å²) in [5.74, 6) is 0.0110. The zero-order valence-corrected chi connectivity index (χ0v) is 25.2. The molecule has 1 N–H and O–H groups in total. The number of hydrogen-bond acceptors (Lipinski definition) is 5. The monoisotopic (exact) mass is 579 g/mol. The van der Waals surface area contributed by atoms with Crippen LogP contribution >= 0.6 is 0 Å².